The van der Waals surface area contributed by atoms with Crippen molar-refractivity contribution in [3.63, 3.8) is 0 Å². The van der Waals surface area contributed by atoms with Crippen molar-refractivity contribution in [2.75, 3.05) is 31.9 Å². The Morgan fingerprint density at radius 1 is 0.976 bits per heavy atom. The highest BCUT2D eigenvalue weighted by atomic mass is 32.2. The summed E-state index contributed by atoms with van der Waals surface area (Å²) >= 11 is 2.32. The predicted octanol–water partition coefficient (Wildman–Crippen LogP) is 5.76. The summed E-state index contributed by atoms with van der Waals surface area (Å²) in [7, 11) is 3.21. The van der Waals surface area contributed by atoms with Crippen LogP contribution in [0.3, 0.4) is 0 Å². The van der Waals surface area contributed by atoms with Gasteiger partial charge in [0, 0.05) is 23.3 Å². The Kier molecular flexibility index (Phi) is 9.89. The fraction of sp³-hybridized carbons (Fsp3) is 0.241. The standard InChI is InChI=1S/C29H27N5O5S2/c1-5-39-28(36)26-17(2)22(16-30)27(41-26)31-23(35)14-15-40-29-32-24(18-6-10-20(37-3)11-7-18)25(33-34-29)19-8-12-21(38-4)13-9-19/h6-13H,5,14-15H2,1-4H3,(H,31,35). The molecule has 210 valence electrons. The number of rotatable bonds is 11. The molecule has 0 spiro atoms. The fourth-order valence-corrected chi connectivity index (χ4v) is 5.61. The van der Waals surface area contributed by atoms with Crippen LogP contribution in [0.5, 0.6) is 11.5 Å². The highest BCUT2D eigenvalue weighted by Gasteiger charge is 2.22. The summed E-state index contributed by atoms with van der Waals surface area (Å²) in [4.78, 5) is 30.0. The SMILES string of the molecule is CCOC(=O)c1sc(NC(=O)CCSc2nnc(-c3ccc(OC)cc3)c(-c3ccc(OC)cc3)n2)c(C#N)c1C. The lowest BCUT2D eigenvalue weighted by Gasteiger charge is -2.10. The molecule has 0 radical (unpaired) electrons. The normalized spacial score (nSPS) is 10.5. The van der Waals surface area contributed by atoms with Gasteiger partial charge in [0.2, 0.25) is 11.1 Å². The van der Waals surface area contributed by atoms with Crippen LogP contribution in [-0.4, -0.2) is 53.6 Å². The van der Waals surface area contributed by atoms with Crippen molar-refractivity contribution in [1.82, 2.24) is 15.2 Å². The van der Waals surface area contributed by atoms with Gasteiger partial charge in [-0.2, -0.15) is 5.26 Å². The van der Waals surface area contributed by atoms with Crippen LogP contribution >= 0.6 is 23.1 Å². The van der Waals surface area contributed by atoms with Crippen molar-refractivity contribution >= 4 is 40.0 Å². The summed E-state index contributed by atoms with van der Waals surface area (Å²) in [5, 5.41) is 21.8. The van der Waals surface area contributed by atoms with Crippen LogP contribution in [0, 0.1) is 18.3 Å². The minimum absolute atomic E-state index is 0.128. The number of aromatic nitrogens is 3. The van der Waals surface area contributed by atoms with Crippen LogP contribution in [0.2, 0.25) is 0 Å². The average Bonchev–Trinajstić information content (AvgIpc) is 3.31. The van der Waals surface area contributed by atoms with Crippen LogP contribution in [0.25, 0.3) is 22.5 Å². The van der Waals surface area contributed by atoms with Crippen molar-refractivity contribution in [3.8, 4) is 40.1 Å². The van der Waals surface area contributed by atoms with Gasteiger partial charge in [0.05, 0.1) is 26.4 Å². The number of thioether (sulfide) groups is 1. The summed E-state index contributed by atoms with van der Waals surface area (Å²) < 4.78 is 15.6. The summed E-state index contributed by atoms with van der Waals surface area (Å²) in [6.45, 7) is 3.58. The Labute approximate surface area is 245 Å². The molecule has 0 saturated carbocycles. The Morgan fingerprint density at radius 3 is 2.15 bits per heavy atom. The summed E-state index contributed by atoms with van der Waals surface area (Å²) in [6, 6.07) is 17.0. The Bertz CT molecular complexity index is 1580. The number of benzene rings is 2. The monoisotopic (exact) mass is 589 g/mol. The van der Waals surface area contributed by atoms with Crippen molar-refractivity contribution in [1.29, 1.82) is 5.26 Å². The number of ether oxygens (including phenoxy) is 3. The van der Waals surface area contributed by atoms with E-state index in [4.69, 9.17) is 19.2 Å². The smallest absolute Gasteiger partial charge is 0.348 e. The van der Waals surface area contributed by atoms with E-state index >= 15 is 0 Å². The Hall–Kier alpha value is -4.47. The summed E-state index contributed by atoms with van der Waals surface area (Å²) in [5.74, 6) is 0.996. The molecule has 0 atom stereocenters. The fourth-order valence-electron chi connectivity index (χ4n) is 3.82. The van der Waals surface area contributed by atoms with Crippen molar-refractivity contribution in [2.24, 2.45) is 0 Å². The summed E-state index contributed by atoms with van der Waals surface area (Å²) in [6.07, 6.45) is 0.128. The van der Waals surface area contributed by atoms with Crippen molar-refractivity contribution < 1.29 is 23.8 Å². The lowest BCUT2D eigenvalue weighted by molar-refractivity contribution is -0.115. The largest absolute Gasteiger partial charge is 0.497 e. The maximum Gasteiger partial charge on any atom is 0.348 e. The van der Waals surface area contributed by atoms with E-state index in [9.17, 15) is 14.9 Å². The van der Waals surface area contributed by atoms with Gasteiger partial charge in [-0.25, -0.2) is 9.78 Å². The molecule has 4 aromatic rings. The van der Waals surface area contributed by atoms with Gasteiger partial charge in [-0.15, -0.1) is 21.5 Å². The Balaban J connectivity index is 1.49. The number of amides is 1. The van der Waals surface area contributed by atoms with Gasteiger partial charge in [0.25, 0.3) is 0 Å². The number of hydrogen-bond acceptors (Lipinski definition) is 11. The van der Waals surface area contributed by atoms with E-state index in [1.807, 2.05) is 48.5 Å². The van der Waals surface area contributed by atoms with Gasteiger partial charge in [-0.05, 0) is 67.9 Å². The molecule has 12 heteroatoms. The number of hydrogen-bond donors (Lipinski definition) is 1. The van der Waals surface area contributed by atoms with Crippen LogP contribution in [-0.2, 0) is 9.53 Å². The van der Waals surface area contributed by atoms with Crippen LogP contribution < -0.4 is 14.8 Å². The van der Waals surface area contributed by atoms with Gasteiger partial charge in [0.1, 0.15) is 38.8 Å². The highest BCUT2D eigenvalue weighted by molar-refractivity contribution is 7.99. The second-order valence-electron chi connectivity index (χ2n) is 8.49. The van der Waals surface area contributed by atoms with E-state index in [1.165, 1.54) is 11.8 Å². The second-order valence-corrected chi connectivity index (χ2v) is 10.6. The van der Waals surface area contributed by atoms with E-state index < -0.39 is 5.97 Å². The van der Waals surface area contributed by atoms with E-state index in [1.54, 1.807) is 28.1 Å². The first-order chi connectivity index (χ1) is 19.9. The van der Waals surface area contributed by atoms with E-state index in [2.05, 4.69) is 21.6 Å². The quantitative estimate of drug-likeness (QED) is 0.170. The number of nitrogens with one attached hydrogen (secondary N) is 1. The molecular formula is C29H27N5O5S2. The molecule has 0 unspecified atom stereocenters. The number of anilines is 1. The van der Waals surface area contributed by atoms with Gasteiger partial charge in [-0.3, -0.25) is 4.79 Å². The lowest BCUT2D eigenvalue weighted by atomic mass is 10.0. The number of esters is 1. The minimum atomic E-state index is -0.516. The van der Waals surface area contributed by atoms with Crippen molar-refractivity contribution in [3.05, 3.63) is 64.5 Å². The predicted molar refractivity (Wildman–Crippen MR) is 158 cm³/mol. The number of methoxy groups -OCH3 is 2. The molecule has 0 aliphatic rings. The first-order valence-corrected chi connectivity index (χ1v) is 14.4. The molecule has 10 nitrogen and oxygen atoms in total. The minimum Gasteiger partial charge on any atom is -0.497 e. The molecule has 0 aliphatic heterocycles. The van der Waals surface area contributed by atoms with Crippen LogP contribution in [0.15, 0.2) is 53.7 Å². The van der Waals surface area contributed by atoms with Crippen LogP contribution in [0.1, 0.15) is 34.1 Å². The van der Waals surface area contributed by atoms with Gasteiger partial charge in [0.15, 0.2) is 0 Å². The number of carbonyl (C=O) groups is 2. The Morgan fingerprint density at radius 2 is 1.59 bits per heavy atom. The maximum absolute atomic E-state index is 12.7. The van der Waals surface area contributed by atoms with Gasteiger partial charge < -0.3 is 19.5 Å². The van der Waals surface area contributed by atoms with Crippen molar-refractivity contribution in [2.45, 2.75) is 25.4 Å². The highest BCUT2D eigenvalue weighted by Crippen LogP contribution is 2.34. The van der Waals surface area contributed by atoms with E-state index in [0.29, 0.717) is 37.7 Å². The first kappa shape index (κ1) is 29.5. The zero-order valence-corrected chi connectivity index (χ0v) is 24.5. The third-order valence-corrected chi connectivity index (χ3v) is 7.95. The molecule has 41 heavy (non-hydrogen) atoms. The van der Waals surface area contributed by atoms with E-state index in [0.717, 1.165) is 34.0 Å². The average molecular weight is 590 g/mol. The molecule has 2 heterocycles. The molecule has 1 N–H and O–H groups in total. The van der Waals surface area contributed by atoms with Crippen LogP contribution in [0.4, 0.5) is 5.00 Å². The van der Waals surface area contributed by atoms with E-state index in [-0.39, 0.29) is 24.5 Å². The van der Waals surface area contributed by atoms with Gasteiger partial charge >= 0.3 is 5.97 Å². The molecule has 4 rings (SSSR count). The lowest BCUT2D eigenvalue weighted by Crippen LogP contribution is -2.12. The summed E-state index contributed by atoms with van der Waals surface area (Å²) in [5.41, 5.74) is 3.65. The molecule has 1 amide bonds. The second kappa shape index (κ2) is 13.7. The molecule has 2 aromatic carbocycles. The number of nitriles is 1. The molecule has 0 saturated heterocycles. The topological polar surface area (TPSA) is 136 Å². The third-order valence-electron chi connectivity index (χ3n) is 5.93. The third kappa shape index (κ3) is 7.00. The number of thiophene rings is 1. The number of carbonyl (C=O) groups excluding carboxylic acids is 2. The zero-order valence-electron chi connectivity index (χ0n) is 22.9. The first-order valence-electron chi connectivity index (χ1n) is 12.5. The zero-order chi connectivity index (χ0) is 29.4. The molecular weight excluding hydrogens is 562 g/mol. The van der Waals surface area contributed by atoms with Gasteiger partial charge in [-0.1, -0.05) is 11.8 Å². The molecule has 0 bridgehead atoms. The number of nitrogens with zero attached hydrogens (tertiary/aromatic N) is 4. The molecule has 0 aliphatic carbocycles. The molecule has 0 fully saturated rings. The maximum atomic E-state index is 12.7. The molecule has 2 aromatic heterocycles.